The van der Waals surface area contributed by atoms with Crippen molar-refractivity contribution in [2.75, 3.05) is 6.61 Å². The van der Waals surface area contributed by atoms with Crippen molar-refractivity contribution >= 4 is 23.7 Å². The maximum atomic E-state index is 13.1. The zero-order valence-electron chi connectivity index (χ0n) is 19.6. The zero-order valence-corrected chi connectivity index (χ0v) is 19.6. The highest BCUT2D eigenvalue weighted by Crippen LogP contribution is 2.09. The lowest BCUT2D eigenvalue weighted by molar-refractivity contribution is -0.143. The molecule has 10 heteroatoms. The Labute approximate surface area is 194 Å². The molecule has 1 rings (SSSR count). The van der Waals surface area contributed by atoms with E-state index in [0.717, 1.165) is 5.56 Å². The average Bonchev–Trinajstić information content (AvgIpc) is 2.79. The molecule has 7 N–H and O–H groups in total. The van der Waals surface area contributed by atoms with Crippen molar-refractivity contribution in [3.63, 3.8) is 0 Å². The van der Waals surface area contributed by atoms with Gasteiger partial charge in [-0.15, -0.1) is 0 Å². The third-order valence-electron chi connectivity index (χ3n) is 5.52. The Morgan fingerprint density at radius 3 is 1.97 bits per heavy atom. The number of aliphatic hydroxyl groups excluding tert-OH is 1. The number of nitrogens with one attached hydrogen (secondary N) is 3. The van der Waals surface area contributed by atoms with Gasteiger partial charge < -0.3 is 31.9 Å². The SMILES string of the molecule is CCC(C)C(N)C(=O)NC(Cc1ccccc1)C(=O)NC(C(=O)NC(CO)C(=O)O)C(C)C. The second kappa shape index (κ2) is 13.5. The van der Waals surface area contributed by atoms with E-state index in [-0.39, 0.29) is 12.3 Å². The largest absolute Gasteiger partial charge is 0.480 e. The van der Waals surface area contributed by atoms with Crippen LogP contribution >= 0.6 is 0 Å². The highest BCUT2D eigenvalue weighted by atomic mass is 16.4. The lowest BCUT2D eigenvalue weighted by atomic mass is 9.97. The summed E-state index contributed by atoms with van der Waals surface area (Å²) in [6, 6.07) is 4.69. The monoisotopic (exact) mass is 464 g/mol. The van der Waals surface area contributed by atoms with E-state index in [1.807, 2.05) is 44.2 Å². The van der Waals surface area contributed by atoms with Gasteiger partial charge in [0.2, 0.25) is 17.7 Å². The Bertz CT molecular complexity index is 801. The quantitative estimate of drug-likeness (QED) is 0.234. The van der Waals surface area contributed by atoms with E-state index in [1.54, 1.807) is 13.8 Å². The van der Waals surface area contributed by atoms with Crippen molar-refractivity contribution in [1.82, 2.24) is 16.0 Å². The van der Waals surface area contributed by atoms with Crippen LogP contribution < -0.4 is 21.7 Å². The number of aliphatic carboxylic acids is 1. The standard InChI is InChI=1S/C23H36N4O6/c1-5-14(4)18(24)21(30)25-16(11-15-9-7-6-8-10-15)20(29)27-19(13(2)3)22(31)26-17(12-28)23(32)33/h6-10,13-14,16-19,28H,5,11-12,24H2,1-4H3,(H,25,30)(H,26,31)(H,27,29)(H,32,33). The Morgan fingerprint density at radius 1 is 0.909 bits per heavy atom. The number of hydrogen-bond acceptors (Lipinski definition) is 6. The summed E-state index contributed by atoms with van der Waals surface area (Å²) < 4.78 is 0. The number of benzene rings is 1. The molecule has 33 heavy (non-hydrogen) atoms. The van der Waals surface area contributed by atoms with Crippen LogP contribution in [0.25, 0.3) is 0 Å². The lowest BCUT2D eigenvalue weighted by Crippen LogP contribution is -2.59. The van der Waals surface area contributed by atoms with Gasteiger partial charge in [0.25, 0.3) is 0 Å². The van der Waals surface area contributed by atoms with Crippen LogP contribution in [0.3, 0.4) is 0 Å². The molecule has 0 aliphatic carbocycles. The fraction of sp³-hybridized carbons (Fsp3) is 0.565. The number of carbonyl (C=O) groups excluding carboxylic acids is 3. The minimum absolute atomic E-state index is 0.0916. The third kappa shape index (κ3) is 8.82. The Morgan fingerprint density at radius 2 is 1.48 bits per heavy atom. The smallest absolute Gasteiger partial charge is 0.328 e. The minimum atomic E-state index is -1.50. The fourth-order valence-corrected chi connectivity index (χ4v) is 3.08. The van der Waals surface area contributed by atoms with Gasteiger partial charge in [0, 0.05) is 6.42 Å². The number of nitrogens with two attached hydrogens (primary N) is 1. The van der Waals surface area contributed by atoms with E-state index in [4.69, 9.17) is 10.8 Å². The first-order chi connectivity index (χ1) is 15.5. The predicted octanol–water partition coefficient (Wildman–Crippen LogP) is -0.210. The summed E-state index contributed by atoms with van der Waals surface area (Å²) in [6.07, 6.45) is 0.863. The number of amides is 3. The number of carbonyl (C=O) groups is 4. The van der Waals surface area contributed by atoms with Crippen LogP contribution in [0.15, 0.2) is 30.3 Å². The number of rotatable bonds is 13. The molecule has 184 valence electrons. The van der Waals surface area contributed by atoms with Crippen LogP contribution in [-0.4, -0.2) is 64.7 Å². The maximum absolute atomic E-state index is 13.1. The molecule has 3 amide bonds. The van der Waals surface area contributed by atoms with Crippen LogP contribution in [0.4, 0.5) is 0 Å². The van der Waals surface area contributed by atoms with Crippen LogP contribution in [0.2, 0.25) is 0 Å². The van der Waals surface area contributed by atoms with E-state index in [0.29, 0.717) is 6.42 Å². The summed E-state index contributed by atoms with van der Waals surface area (Å²) in [7, 11) is 0. The Balaban J connectivity index is 3.06. The van der Waals surface area contributed by atoms with Crippen LogP contribution in [0.5, 0.6) is 0 Å². The van der Waals surface area contributed by atoms with Crippen molar-refractivity contribution in [3.8, 4) is 0 Å². The number of aliphatic hydroxyl groups is 1. The van der Waals surface area contributed by atoms with E-state index >= 15 is 0 Å². The van der Waals surface area contributed by atoms with Crippen LogP contribution in [-0.2, 0) is 25.6 Å². The minimum Gasteiger partial charge on any atom is -0.480 e. The normalized spacial score (nSPS) is 15.6. The molecule has 0 aliphatic heterocycles. The van der Waals surface area contributed by atoms with Gasteiger partial charge >= 0.3 is 5.97 Å². The van der Waals surface area contributed by atoms with Gasteiger partial charge in [-0.3, -0.25) is 14.4 Å². The fourth-order valence-electron chi connectivity index (χ4n) is 3.08. The first-order valence-corrected chi connectivity index (χ1v) is 11.1. The van der Waals surface area contributed by atoms with E-state index < -0.39 is 60.4 Å². The van der Waals surface area contributed by atoms with Crippen molar-refractivity contribution in [2.24, 2.45) is 17.6 Å². The molecule has 0 aromatic heterocycles. The van der Waals surface area contributed by atoms with E-state index in [2.05, 4.69) is 16.0 Å². The number of hydrogen-bond donors (Lipinski definition) is 6. The molecule has 5 unspecified atom stereocenters. The van der Waals surface area contributed by atoms with Gasteiger partial charge in [0.1, 0.15) is 18.1 Å². The second-order valence-electron chi connectivity index (χ2n) is 8.47. The molecule has 0 bridgehead atoms. The summed E-state index contributed by atoms with van der Waals surface area (Å²) in [4.78, 5) is 49.6. The molecular formula is C23H36N4O6. The molecular weight excluding hydrogens is 428 g/mol. The summed E-state index contributed by atoms with van der Waals surface area (Å²) in [5.74, 6) is -3.71. The van der Waals surface area contributed by atoms with Gasteiger partial charge in [0.05, 0.1) is 12.6 Å². The lowest BCUT2D eigenvalue weighted by Gasteiger charge is -2.27. The van der Waals surface area contributed by atoms with Crippen molar-refractivity contribution < 1.29 is 29.4 Å². The molecule has 0 aliphatic rings. The summed E-state index contributed by atoms with van der Waals surface area (Å²) >= 11 is 0. The first kappa shape index (κ1) is 28.1. The van der Waals surface area contributed by atoms with Crippen molar-refractivity contribution in [1.29, 1.82) is 0 Å². The molecule has 0 saturated carbocycles. The molecule has 0 saturated heterocycles. The Hall–Kier alpha value is -2.98. The molecule has 5 atom stereocenters. The summed E-state index contributed by atoms with van der Waals surface area (Å²) in [6.45, 7) is 6.33. The first-order valence-electron chi connectivity index (χ1n) is 11.1. The molecule has 1 aromatic carbocycles. The molecule has 0 heterocycles. The van der Waals surface area contributed by atoms with Gasteiger partial charge in [-0.1, -0.05) is 64.4 Å². The van der Waals surface area contributed by atoms with E-state index in [1.165, 1.54) is 0 Å². The summed E-state index contributed by atoms with van der Waals surface area (Å²) in [5, 5.41) is 25.8. The van der Waals surface area contributed by atoms with Crippen molar-refractivity contribution in [3.05, 3.63) is 35.9 Å². The number of carboxylic acid groups (broad SMARTS) is 1. The van der Waals surface area contributed by atoms with Crippen molar-refractivity contribution in [2.45, 2.75) is 64.7 Å². The zero-order chi connectivity index (χ0) is 25.1. The molecule has 1 aromatic rings. The summed E-state index contributed by atoms with van der Waals surface area (Å²) in [5.41, 5.74) is 6.82. The van der Waals surface area contributed by atoms with E-state index in [9.17, 15) is 24.3 Å². The molecule has 0 fully saturated rings. The molecule has 0 radical (unpaired) electrons. The molecule has 10 nitrogen and oxygen atoms in total. The maximum Gasteiger partial charge on any atom is 0.328 e. The highest BCUT2D eigenvalue weighted by molar-refractivity contribution is 5.94. The second-order valence-corrected chi connectivity index (χ2v) is 8.47. The van der Waals surface area contributed by atoms with Gasteiger partial charge in [-0.25, -0.2) is 4.79 Å². The van der Waals surface area contributed by atoms with Crippen LogP contribution in [0, 0.1) is 11.8 Å². The van der Waals surface area contributed by atoms with Gasteiger partial charge in [-0.05, 0) is 17.4 Å². The average molecular weight is 465 g/mol. The molecule has 0 spiro atoms. The predicted molar refractivity (Wildman–Crippen MR) is 123 cm³/mol. The van der Waals surface area contributed by atoms with Crippen LogP contribution in [0.1, 0.15) is 39.7 Å². The topological polar surface area (TPSA) is 171 Å². The highest BCUT2D eigenvalue weighted by Gasteiger charge is 2.32. The van der Waals surface area contributed by atoms with Gasteiger partial charge in [-0.2, -0.15) is 0 Å². The third-order valence-corrected chi connectivity index (χ3v) is 5.52. The van der Waals surface area contributed by atoms with Gasteiger partial charge in [0.15, 0.2) is 0 Å². The Kier molecular flexibility index (Phi) is 11.5. The number of carboxylic acids is 1.